The lowest BCUT2D eigenvalue weighted by atomic mass is 10.1. The summed E-state index contributed by atoms with van der Waals surface area (Å²) in [5.74, 6) is -0.461. The van der Waals surface area contributed by atoms with Gasteiger partial charge in [0.25, 0.3) is 5.91 Å². The Kier molecular flexibility index (Phi) is 5.02. The molecule has 1 aromatic heterocycles. The van der Waals surface area contributed by atoms with Gasteiger partial charge < -0.3 is 4.74 Å². The van der Waals surface area contributed by atoms with Crippen LogP contribution in [0.15, 0.2) is 35.5 Å². The van der Waals surface area contributed by atoms with Crippen molar-refractivity contribution < 1.29 is 17.9 Å². The van der Waals surface area contributed by atoms with Crippen LogP contribution in [-0.2, 0) is 14.8 Å². The van der Waals surface area contributed by atoms with E-state index in [-0.39, 0.29) is 16.4 Å². The Morgan fingerprint density at radius 3 is 2.68 bits per heavy atom. The predicted molar refractivity (Wildman–Crippen MR) is 88.5 cm³/mol. The maximum Gasteiger partial charge on any atom is 0.258 e. The molecule has 1 aliphatic rings. The number of hydrogen-bond acceptors (Lipinski definition) is 7. The summed E-state index contributed by atoms with van der Waals surface area (Å²) in [7, 11) is -3.69. The number of hydrogen-bond donors (Lipinski definition) is 1. The molecular weight excluding hydrogens is 346 g/mol. The maximum absolute atomic E-state index is 12.8. The highest BCUT2D eigenvalue weighted by Crippen LogP contribution is 2.22. The molecule has 0 radical (unpaired) electrons. The zero-order valence-electron chi connectivity index (χ0n) is 13.5. The first-order chi connectivity index (χ1) is 12.0. The number of morpholine rings is 1. The zero-order valence-corrected chi connectivity index (χ0v) is 14.4. The fourth-order valence-corrected chi connectivity index (χ4v) is 4.08. The number of aryl methyl sites for hydroxylation is 1. The Morgan fingerprint density at radius 2 is 2.00 bits per heavy atom. The maximum atomic E-state index is 12.8. The molecule has 3 rings (SSSR count). The third kappa shape index (κ3) is 3.81. The molecule has 2 aromatic rings. The van der Waals surface area contributed by atoms with Gasteiger partial charge in [0.15, 0.2) is 0 Å². The van der Waals surface area contributed by atoms with Gasteiger partial charge in [-0.15, -0.1) is 5.10 Å². The second-order valence-electron chi connectivity index (χ2n) is 5.42. The van der Waals surface area contributed by atoms with Crippen LogP contribution in [0.25, 0.3) is 0 Å². The molecule has 10 heteroatoms. The first kappa shape index (κ1) is 17.4. The molecule has 0 bridgehead atoms. The monoisotopic (exact) mass is 363 g/mol. The SMILES string of the molecule is Cc1ccc(C(=O)Nc2nccnn2)cc1S(=O)(=O)N1CCOCC1. The molecule has 1 saturated heterocycles. The van der Waals surface area contributed by atoms with E-state index >= 15 is 0 Å². The molecule has 0 saturated carbocycles. The largest absolute Gasteiger partial charge is 0.379 e. The number of sulfonamides is 1. The Bertz CT molecular complexity index is 867. The van der Waals surface area contributed by atoms with E-state index in [0.29, 0.717) is 31.9 Å². The van der Waals surface area contributed by atoms with Crippen LogP contribution in [0.1, 0.15) is 15.9 Å². The molecule has 1 amide bonds. The normalized spacial score (nSPS) is 15.7. The van der Waals surface area contributed by atoms with Crippen molar-refractivity contribution in [2.24, 2.45) is 0 Å². The van der Waals surface area contributed by atoms with Gasteiger partial charge in [-0.25, -0.2) is 13.4 Å². The molecule has 0 unspecified atom stereocenters. The molecule has 1 aliphatic heterocycles. The molecule has 1 aromatic carbocycles. The van der Waals surface area contributed by atoms with Crippen molar-refractivity contribution in [2.75, 3.05) is 31.6 Å². The minimum absolute atomic E-state index is 0.0469. The lowest BCUT2D eigenvalue weighted by Crippen LogP contribution is -2.40. The van der Waals surface area contributed by atoms with Crippen molar-refractivity contribution in [3.63, 3.8) is 0 Å². The van der Waals surface area contributed by atoms with Gasteiger partial charge in [0, 0.05) is 18.7 Å². The number of carbonyl (C=O) groups excluding carboxylic acids is 1. The Hall–Kier alpha value is -2.43. The van der Waals surface area contributed by atoms with Gasteiger partial charge in [0.05, 0.1) is 30.5 Å². The number of amides is 1. The van der Waals surface area contributed by atoms with E-state index in [0.717, 1.165) is 0 Å². The van der Waals surface area contributed by atoms with Crippen molar-refractivity contribution >= 4 is 21.9 Å². The van der Waals surface area contributed by atoms with Crippen molar-refractivity contribution in [2.45, 2.75) is 11.8 Å². The second-order valence-corrected chi connectivity index (χ2v) is 7.32. The van der Waals surface area contributed by atoms with Gasteiger partial charge in [-0.05, 0) is 24.6 Å². The lowest BCUT2D eigenvalue weighted by Gasteiger charge is -2.26. The zero-order chi connectivity index (χ0) is 17.9. The van der Waals surface area contributed by atoms with Crippen molar-refractivity contribution in [3.05, 3.63) is 41.7 Å². The molecule has 0 aliphatic carbocycles. The number of nitrogens with one attached hydrogen (secondary N) is 1. The fourth-order valence-electron chi connectivity index (χ4n) is 2.42. The summed E-state index contributed by atoms with van der Waals surface area (Å²) >= 11 is 0. The van der Waals surface area contributed by atoms with Crippen molar-refractivity contribution in [3.8, 4) is 0 Å². The fraction of sp³-hybridized carbons (Fsp3) is 0.333. The van der Waals surface area contributed by atoms with Gasteiger partial charge in [-0.2, -0.15) is 9.40 Å². The Labute approximate surface area is 145 Å². The highest BCUT2D eigenvalue weighted by Gasteiger charge is 2.28. The van der Waals surface area contributed by atoms with Crippen LogP contribution in [0.2, 0.25) is 0 Å². The van der Waals surface area contributed by atoms with E-state index in [1.54, 1.807) is 19.1 Å². The van der Waals surface area contributed by atoms with Crippen LogP contribution in [-0.4, -0.2) is 60.1 Å². The third-order valence-electron chi connectivity index (χ3n) is 3.75. The topological polar surface area (TPSA) is 114 Å². The summed E-state index contributed by atoms with van der Waals surface area (Å²) in [6.07, 6.45) is 2.78. The van der Waals surface area contributed by atoms with Gasteiger partial charge in [-0.1, -0.05) is 6.07 Å². The molecule has 9 nitrogen and oxygen atoms in total. The van der Waals surface area contributed by atoms with E-state index < -0.39 is 15.9 Å². The Morgan fingerprint density at radius 1 is 1.24 bits per heavy atom. The first-order valence-corrected chi connectivity index (χ1v) is 9.06. The van der Waals surface area contributed by atoms with E-state index in [2.05, 4.69) is 20.5 Å². The van der Waals surface area contributed by atoms with Gasteiger partial charge >= 0.3 is 0 Å². The van der Waals surface area contributed by atoms with E-state index in [4.69, 9.17) is 4.74 Å². The quantitative estimate of drug-likeness (QED) is 0.839. The number of ether oxygens (including phenoxy) is 1. The van der Waals surface area contributed by atoms with Gasteiger partial charge in [0.1, 0.15) is 0 Å². The van der Waals surface area contributed by atoms with Crippen LogP contribution in [0, 0.1) is 6.92 Å². The number of benzene rings is 1. The lowest BCUT2D eigenvalue weighted by molar-refractivity contribution is 0.0730. The first-order valence-electron chi connectivity index (χ1n) is 7.62. The number of aromatic nitrogens is 3. The molecule has 0 atom stereocenters. The summed E-state index contributed by atoms with van der Waals surface area (Å²) in [5.41, 5.74) is 0.769. The van der Waals surface area contributed by atoms with E-state index in [1.807, 2.05) is 0 Å². The molecule has 1 N–H and O–H groups in total. The van der Waals surface area contributed by atoms with Crippen molar-refractivity contribution in [1.82, 2.24) is 19.5 Å². The van der Waals surface area contributed by atoms with E-state index in [1.165, 1.54) is 22.8 Å². The van der Waals surface area contributed by atoms with Crippen LogP contribution >= 0.6 is 0 Å². The van der Waals surface area contributed by atoms with Crippen molar-refractivity contribution in [1.29, 1.82) is 0 Å². The van der Waals surface area contributed by atoms with Crippen LogP contribution in [0.4, 0.5) is 5.95 Å². The number of rotatable bonds is 4. The smallest absolute Gasteiger partial charge is 0.258 e. The summed E-state index contributed by atoms with van der Waals surface area (Å²) in [6.45, 7) is 3.00. The minimum Gasteiger partial charge on any atom is -0.379 e. The predicted octanol–water partition coefficient (Wildman–Crippen LogP) is 0.453. The van der Waals surface area contributed by atoms with Crippen LogP contribution < -0.4 is 5.32 Å². The van der Waals surface area contributed by atoms with Gasteiger partial charge in [0.2, 0.25) is 16.0 Å². The average molecular weight is 363 g/mol. The highest BCUT2D eigenvalue weighted by molar-refractivity contribution is 7.89. The molecule has 132 valence electrons. The summed E-state index contributed by atoms with van der Waals surface area (Å²) in [6, 6.07) is 4.53. The Balaban J connectivity index is 1.88. The standard InChI is InChI=1S/C15H17N5O4S/c1-11-2-3-12(14(21)18-15-16-4-5-17-19-15)10-13(11)25(22,23)20-6-8-24-9-7-20/h2-5,10H,6-9H2,1H3,(H,16,18,19,21). The van der Waals surface area contributed by atoms with Crippen LogP contribution in [0.5, 0.6) is 0 Å². The molecular formula is C15H17N5O4S. The average Bonchev–Trinajstić information content (AvgIpc) is 2.63. The second kappa shape index (κ2) is 7.21. The molecule has 25 heavy (non-hydrogen) atoms. The van der Waals surface area contributed by atoms with E-state index in [9.17, 15) is 13.2 Å². The van der Waals surface area contributed by atoms with Crippen LogP contribution in [0.3, 0.4) is 0 Å². The summed E-state index contributed by atoms with van der Waals surface area (Å²) in [5, 5.41) is 9.78. The van der Waals surface area contributed by atoms with Gasteiger partial charge in [-0.3, -0.25) is 10.1 Å². The number of nitrogens with zero attached hydrogens (tertiary/aromatic N) is 4. The molecule has 0 spiro atoms. The summed E-state index contributed by atoms with van der Waals surface area (Å²) in [4.78, 5) is 16.3. The number of carbonyl (C=O) groups is 1. The number of anilines is 1. The molecule has 2 heterocycles. The third-order valence-corrected chi connectivity index (χ3v) is 5.79. The minimum atomic E-state index is -3.69. The summed E-state index contributed by atoms with van der Waals surface area (Å²) < 4.78 is 32.3. The highest BCUT2D eigenvalue weighted by atomic mass is 32.2. The molecule has 1 fully saturated rings.